The van der Waals surface area contributed by atoms with E-state index < -0.39 is 0 Å². The Morgan fingerprint density at radius 1 is 1.38 bits per heavy atom. The second-order valence-corrected chi connectivity index (χ2v) is 6.21. The molecule has 1 aromatic carbocycles. The molecular formula is C17H24BrNO2. The first kappa shape index (κ1) is 16.3. The van der Waals surface area contributed by atoms with Crippen LogP contribution in [0.5, 0.6) is 5.75 Å². The normalized spacial score (nSPS) is 17.2. The van der Waals surface area contributed by atoms with Gasteiger partial charge in [0.2, 0.25) is 5.91 Å². The molecule has 0 aliphatic carbocycles. The van der Waals surface area contributed by atoms with Crippen LogP contribution in [0.1, 0.15) is 44.6 Å². The number of ether oxygens (including phenoxy) is 1. The number of carbonyl (C=O) groups is 1. The quantitative estimate of drug-likeness (QED) is 0.724. The number of rotatable bonds is 6. The SMILES string of the molecule is CCC(CC)N(CCBr)C(=O)C1CCOc2ccccc21. The molecule has 1 atom stereocenters. The average Bonchev–Trinajstić information content (AvgIpc) is 2.54. The Kier molecular flexibility index (Phi) is 6.09. The van der Waals surface area contributed by atoms with Crippen LogP contribution >= 0.6 is 15.9 Å². The maximum Gasteiger partial charge on any atom is 0.230 e. The van der Waals surface area contributed by atoms with Gasteiger partial charge in [-0.05, 0) is 25.3 Å². The van der Waals surface area contributed by atoms with E-state index in [0.717, 1.165) is 42.5 Å². The number of benzene rings is 1. The van der Waals surface area contributed by atoms with Crippen LogP contribution in [0.15, 0.2) is 24.3 Å². The predicted octanol–water partition coefficient (Wildman–Crippen LogP) is 3.96. The van der Waals surface area contributed by atoms with Gasteiger partial charge >= 0.3 is 0 Å². The van der Waals surface area contributed by atoms with Crippen LogP contribution in [-0.2, 0) is 4.79 Å². The lowest BCUT2D eigenvalue weighted by molar-refractivity contribution is -0.135. The minimum absolute atomic E-state index is 0.0606. The summed E-state index contributed by atoms with van der Waals surface area (Å²) in [5, 5.41) is 0.820. The molecule has 0 saturated heterocycles. The van der Waals surface area contributed by atoms with Crippen molar-refractivity contribution in [2.24, 2.45) is 0 Å². The van der Waals surface area contributed by atoms with Crippen LogP contribution in [0.3, 0.4) is 0 Å². The number of alkyl halides is 1. The van der Waals surface area contributed by atoms with Crippen molar-refractivity contribution in [2.45, 2.75) is 45.1 Å². The summed E-state index contributed by atoms with van der Waals surface area (Å²) in [5.41, 5.74) is 1.04. The van der Waals surface area contributed by atoms with Crippen molar-refractivity contribution in [3.8, 4) is 5.75 Å². The summed E-state index contributed by atoms with van der Waals surface area (Å²) in [6, 6.07) is 8.25. The Bertz CT molecular complexity index is 474. The lowest BCUT2D eigenvalue weighted by atomic mass is 9.91. The highest BCUT2D eigenvalue weighted by atomic mass is 79.9. The zero-order valence-electron chi connectivity index (χ0n) is 12.8. The molecule has 116 valence electrons. The van der Waals surface area contributed by atoms with E-state index in [1.165, 1.54) is 0 Å². The fourth-order valence-corrected chi connectivity index (χ4v) is 3.47. The summed E-state index contributed by atoms with van der Waals surface area (Å²) < 4.78 is 5.68. The topological polar surface area (TPSA) is 29.5 Å². The number of para-hydroxylation sites is 1. The van der Waals surface area contributed by atoms with Crippen molar-refractivity contribution in [3.63, 3.8) is 0 Å². The Balaban J connectivity index is 2.25. The van der Waals surface area contributed by atoms with Gasteiger partial charge in [-0.15, -0.1) is 0 Å². The van der Waals surface area contributed by atoms with E-state index in [1.807, 2.05) is 24.3 Å². The molecule has 21 heavy (non-hydrogen) atoms. The number of amides is 1. The van der Waals surface area contributed by atoms with Crippen LogP contribution in [0.25, 0.3) is 0 Å². The largest absolute Gasteiger partial charge is 0.493 e. The van der Waals surface area contributed by atoms with E-state index in [-0.39, 0.29) is 11.8 Å². The van der Waals surface area contributed by atoms with E-state index in [2.05, 4.69) is 34.7 Å². The van der Waals surface area contributed by atoms with Crippen molar-refractivity contribution in [1.82, 2.24) is 4.90 Å². The number of hydrogen-bond donors (Lipinski definition) is 0. The number of halogens is 1. The summed E-state index contributed by atoms with van der Waals surface area (Å²) in [4.78, 5) is 15.1. The molecular weight excluding hydrogens is 330 g/mol. The van der Waals surface area contributed by atoms with Gasteiger partial charge in [0, 0.05) is 23.5 Å². The van der Waals surface area contributed by atoms with E-state index >= 15 is 0 Å². The van der Waals surface area contributed by atoms with Gasteiger partial charge in [-0.25, -0.2) is 0 Å². The monoisotopic (exact) mass is 353 g/mol. The molecule has 1 unspecified atom stereocenters. The summed E-state index contributed by atoms with van der Waals surface area (Å²) in [6.45, 7) is 5.70. The van der Waals surface area contributed by atoms with Crippen molar-refractivity contribution < 1.29 is 9.53 Å². The average molecular weight is 354 g/mol. The molecule has 3 nitrogen and oxygen atoms in total. The smallest absolute Gasteiger partial charge is 0.230 e. The maximum atomic E-state index is 13.1. The molecule has 0 N–H and O–H groups in total. The zero-order valence-corrected chi connectivity index (χ0v) is 14.4. The predicted molar refractivity (Wildman–Crippen MR) is 89.2 cm³/mol. The lowest BCUT2D eigenvalue weighted by Crippen LogP contribution is -2.44. The van der Waals surface area contributed by atoms with Gasteiger partial charge in [-0.3, -0.25) is 4.79 Å². The summed E-state index contributed by atoms with van der Waals surface area (Å²) in [7, 11) is 0. The van der Waals surface area contributed by atoms with Crippen LogP contribution in [-0.4, -0.2) is 35.3 Å². The highest BCUT2D eigenvalue weighted by Gasteiger charge is 2.32. The Morgan fingerprint density at radius 2 is 2.10 bits per heavy atom. The van der Waals surface area contributed by atoms with Gasteiger partial charge in [0.15, 0.2) is 0 Å². The first-order valence-corrected chi connectivity index (χ1v) is 8.93. The highest BCUT2D eigenvalue weighted by molar-refractivity contribution is 9.09. The van der Waals surface area contributed by atoms with Crippen molar-refractivity contribution >= 4 is 21.8 Å². The van der Waals surface area contributed by atoms with E-state index in [9.17, 15) is 4.79 Å². The van der Waals surface area contributed by atoms with Gasteiger partial charge in [-0.2, -0.15) is 0 Å². The fraction of sp³-hybridized carbons (Fsp3) is 0.588. The molecule has 1 aromatic rings. The Hall–Kier alpha value is -1.03. The van der Waals surface area contributed by atoms with Crippen molar-refractivity contribution in [3.05, 3.63) is 29.8 Å². The van der Waals surface area contributed by atoms with Gasteiger partial charge in [-0.1, -0.05) is 48.0 Å². The van der Waals surface area contributed by atoms with Gasteiger partial charge in [0.1, 0.15) is 5.75 Å². The summed E-state index contributed by atoms with van der Waals surface area (Å²) in [5.74, 6) is 1.05. The maximum absolute atomic E-state index is 13.1. The van der Waals surface area contributed by atoms with E-state index in [4.69, 9.17) is 4.74 Å². The number of fused-ring (bicyclic) bond motifs is 1. The molecule has 0 fully saturated rings. The van der Waals surface area contributed by atoms with Gasteiger partial charge < -0.3 is 9.64 Å². The van der Waals surface area contributed by atoms with Crippen LogP contribution in [0.4, 0.5) is 0 Å². The molecule has 1 aliphatic rings. The van der Waals surface area contributed by atoms with Crippen molar-refractivity contribution in [1.29, 1.82) is 0 Å². The highest BCUT2D eigenvalue weighted by Crippen LogP contribution is 2.35. The molecule has 0 radical (unpaired) electrons. The molecule has 1 heterocycles. The Labute approximate surface area is 135 Å². The third-order valence-electron chi connectivity index (χ3n) is 4.25. The van der Waals surface area contributed by atoms with Gasteiger partial charge in [0.25, 0.3) is 0 Å². The van der Waals surface area contributed by atoms with Crippen LogP contribution in [0.2, 0.25) is 0 Å². The van der Waals surface area contributed by atoms with Crippen LogP contribution in [0, 0.1) is 0 Å². The van der Waals surface area contributed by atoms with E-state index in [1.54, 1.807) is 0 Å². The van der Waals surface area contributed by atoms with Crippen molar-refractivity contribution in [2.75, 3.05) is 18.5 Å². The first-order chi connectivity index (χ1) is 10.2. The lowest BCUT2D eigenvalue weighted by Gasteiger charge is -2.35. The molecule has 0 spiro atoms. The standard InChI is InChI=1S/C17H24BrNO2/c1-3-13(4-2)19(11-10-18)17(20)15-9-12-21-16-8-6-5-7-14(15)16/h5-8,13,15H,3-4,9-12H2,1-2H3. The summed E-state index contributed by atoms with van der Waals surface area (Å²) in [6.07, 6.45) is 2.77. The number of hydrogen-bond acceptors (Lipinski definition) is 2. The minimum atomic E-state index is -0.0606. The Morgan fingerprint density at radius 3 is 2.76 bits per heavy atom. The number of carbonyl (C=O) groups excluding carboxylic acids is 1. The second kappa shape index (κ2) is 7.83. The molecule has 4 heteroatoms. The van der Waals surface area contributed by atoms with Crippen LogP contribution < -0.4 is 4.74 Å². The molecule has 1 amide bonds. The minimum Gasteiger partial charge on any atom is -0.493 e. The second-order valence-electron chi connectivity index (χ2n) is 5.42. The third-order valence-corrected chi connectivity index (χ3v) is 4.60. The zero-order chi connectivity index (χ0) is 15.2. The fourth-order valence-electron chi connectivity index (χ4n) is 3.09. The summed E-state index contributed by atoms with van der Waals surface area (Å²) >= 11 is 3.48. The third kappa shape index (κ3) is 3.60. The molecule has 2 rings (SSSR count). The molecule has 0 bridgehead atoms. The molecule has 0 aromatic heterocycles. The first-order valence-electron chi connectivity index (χ1n) is 7.81. The number of nitrogens with zero attached hydrogens (tertiary/aromatic N) is 1. The van der Waals surface area contributed by atoms with Gasteiger partial charge in [0.05, 0.1) is 12.5 Å². The molecule has 1 aliphatic heterocycles. The molecule has 0 saturated carbocycles. The van der Waals surface area contributed by atoms with E-state index in [0.29, 0.717) is 12.6 Å².